The zero-order valence-corrected chi connectivity index (χ0v) is 21.0. The van der Waals surface area contributed by atoms with Crippen LogP contribution in [0, 0.1) is 0 Å². The number of hydrogen-bond acceptors (Lipinski definition) is 6. The first-order valence-electron chi connectivity index (χ1n) is 10.6. The van der Waals surface area contributed by atoms with Crippen LogP contribution in [0.3, 0.4) is 0 Å². The van der Waals surface area contributed by atoms with E-state index in [4.69, 9.17) is 0 Å². The molecule has 0 aliphatic carbocycles. The molecule has 6 rings (SSSR count). The summed E-state index contributed by atoms with van der Waals surface area (Å²) >= 11 is 7.16. The highest BCUT2D eigenvalue weighted by Crippen LogP contribution is 2.60. The molecule has 0 amide bonds. The molecule has 6 heteroatoms. The predicted octanol–water partition coefficient (Wildman–Crippen LogP) is 8.93. The highest BCUT2D eigenvalue weighted by Gasteiger charge is 2.29. The Kier molecular flexibility index (Phi) is 5.91. The van der Waals surface area contributed by atoms with E-state index in [1.807, 2.05) is 24.3 Å². The van der Waals surface area contributed by atoms with Crippen molar-refractivity contribution in [3.05, 3.63) is 117 Å². The summed E-state index contributed by atoms with van der Waals surface area (Å²) in [7, 11) is 0. The Morgan fingerprint density at radius 1 is 0.412 bits per heavy atom. The maximum atomic E-state index is 9.99. The minimum absolute atomic E-state index is 0.249. The quantitative estimate of drug-likeness (QED) is 0.284. The largest absolute Gasteiger partial charge is 0.508 e. The Balaban J connectivity index is 1.60. The monoisotopic (exact) mass is 514 g/mol. The molecule has 0 saturated heterocycles. The van der Waals surface area contributed by atoms with E-state index in [0.717, 1.165) is 22.3 Å². The van der Waals surface area contributed by atoms with Gasteiger partial charge in [0.1, 0.15) is 11.5 Å². The van der Waals surface area contributed by atoms with Crippen LogP contribution in [0.15, 0.2) is 125 Å². The van der Waals surface area contributed by atoms with Gasteiger partial charge >= 0.3 is 0 Å². The maximum Gasteiger partial charge on any atom is 0.115 e. The number of allylic oxidation sites excluding steroid dienone is 2. The van der Waals surface area contributed by atoms with E-state index >= 15 is 0 Å². The lowest BCUT2D eigenvalue weighted by atomic mass is 9.94. The molecule has 2 N–H and O–H groups in total. The van der Waals surface area contributed by atoms with Crippen molar-refractivity contribution >= 4 is 58.2 Å². The summed E-state index contributed by atoms with van der Waals surface area (Å²) in [5, 5.41) is 20.0. The molecule has 0 bridgehead atoms. The van der Waals surface area contributed by atoms with Gasteiger partial charge in [-0.25, -0.2) is 0 Å². The zero-order chi connectivity index (χ0) is 23.1. The second-order valence-electron chi connectivity index (χ2n) is 7.72. The topological polar surface area (TPSA) is 40.5 Å². The van der Waals surface area contributed by atoms with Gasteiger partial charge in [0.15, 0.2) is 0 Å². The van der Waals surface area contributed by atoms with Crippen LogP contribution in [0.1, 0.15) is 11.1 Å². The molecule has 4 aromatic rings. The van der Waals surface area contributed by atoms with Gasteiger partial charge in [-0.1, -0.05) is 95.6 Å². The van der Waals surface area contributed by atoms with Crippen molar-refractivity contribution in [1.82, 2.24) is 0 Å². The van der Waals surface area contributed by atoms with E-state index in [9.17, 15) is 10.2 Å². The van der Waals surface area contributed by atoms with Gasteiger partial charge in [0.05, 0.1) is 8.47 Å². The third-order valence-corrected chi connectivity index (χ3v) is 10.6. The molecule has 0 radical (unpaired) electrons. The summed E-state index contributed by atoms with van der Waals surface area (Å²) in [6.07, 6.45) is 0. The van der Waals surface area contributed by atoms with E-state index in [1.165, 1.54) is 28.1 Å². The Morgan fingerprint density at radius 3 is 1.00 bits per heavy atom. The van der Waals surface area contributed by atoms with Gasteiger partial charge in [0, 0.05) is 30.7 Å². The SMILES string of the molecule is Oc1ccc(C(=C2Sc3ccccc3S2)C(=C2Sc3ccccc3S2)c2ccc(O)cc2)cc1. The van der Waals surface area contributed by atoms with Crippen LogP contribution in [0.5, 0.6) is 11.5 Å². The van der Waals surface area contributed by atoms with E-state index in [1.54, 1.807) is 71.3 Å². The number of aromatic hydroxyl groups is 2. The molecule has 0 saturated carbocycles. The van der Waals surface area contributed by atoms with Crippen molar-refractivity contribution in [3.8, 4) is 11.5 Å². The van der Waals surface area contributed by atoms with Crippen molar-refractivity contribution in [2.75, 3.05) is 0 Å². The molecular weight excluding hydrogens is 497 g/mol. The molecule has 0 fully saturated rings. The van der Waals surface area contributed by atoms with E-state index < -0.39 is 0 Å². The van der Waals surface area contributed by atoms with Crippen molar-refractivity contribution in [2.45, 2.75) is 19.6 Å². The van der Waals surface area contributed by atoms with Crippen LogP contribution in [-0.4, -0.2) is 10.2 Å². The number of phenols is 2. The normalized spacial score (nSPS) is 14.1. The average Bonchev–Trinajstić information content (AvgIpc) is 3.48. The highest BCUT2D eigenvalue weighted by atomic mass is 32.2. The van der Waals surface area contributed by atoms with Gasteiger partial charge in [-0.15, -0.1) is 0 Å². The van der Waals surface area contributed by atoms with Gasteiger partial charge in [-0.2, -0.15) is 0 Å². The minimum atomic E-state index is 0.249. The third kappa shape index (κ3) is 4.16. The van der Waals surface area contributed by atoms with E-state index in [0.29, 0.717) is 0 Å². The van der Waals surface area contributed by atoms with E-state index in [2.05, 4.69) is 48.5 Å². The number of benzene rings is 4. The lowest BCUT2D eigenvalue weighted by molar-refractivity contribution is 0.474. The molecule has 2 nitrogen and oxygen atoms in total. The lowest BCUT2D eigenvalue weighted by Crippen LogP contribution is -1.94. The second kappa shape index (κ2) is 9.19. The number of hydrogen-bond donors (Lipinski definition) is 2. The smallest absolute Gasteiger partial charge is 0.115 e. The average molecular weight is 515 g/mol. The second-order valence-corrected chi connectivity index (χ2v) is 12.4. The molecular formula is C28H18O2S4. The van der Waals surface area contributed by atoms with Gasteiger partial charge in [0.25, 0.3) is 0 Å². The van der Waals surface area contributed by atoms with Crippen LogP contribution < -0.4 is 0 Å². The molecule has 4 aromatic carbocycles. The number of phenolic OH excluding ortho intramolecular Hbond substituents is 2. The number of thioether (sulfide) groups is 4. The van der Waals surface area contributed by atoms with Gasteiger partial charge < -0.3 is 10.2 Å². The molecule has 0 atom stereocenters. The molecule has 0 spiro atoms. The first-order valence-corrected chi connectivity index (χ1v) is 13.9. The van der Waals surface area contributed by atoms with Gasteiger partial charge in [0.2, 0.25) is 0 Å². The van der Waals surface area contributed by atoms with Gasteiger partial charge in [-0.3, -0.25) is 0 Å². The highest BCUT2D eigenvalue weighted by molar-refractivity contribution is 8.25. The molecule has 2 heterocycles. The lowest BCUT2D eigenvalue weighted by Gasteiger charge is -2.18. The molecule has 0 unspecified atom stereocenters. The third-order valence-electron chi connectivity index (χ3n) is 5.48. The fourth-order valence-corrected chi connectivity index (χ4v) is 9.13. The van der Waals surface area contributed by atoms with Crippen molar-refractivity contribution in [2.24, 2.45) is 0 Å². The summed E-state index contributed by atoms with van der Waals surface area (Å²) in [5.74, 6) is 0.498. The van der Waals surface area contributed by atoms with Crippen molar-refractivity contribution in [1.29, 1.82) is 0 Å². The van der Waals surface area contributed by atoms with E-state index in [-0.39, 0.29) is 11.5 Å². The van der Waals surface area contributed by atoms with Crippen molar-refractivity contribution < 1.29 is 10.2 Å². The molecule has 2 aliphatic heterocycles. The Labute approximate surface area is 215 Å². The van der Waals surface area contributed by atoms with Crippen LogP contribution in [-0.2, 0) is 0 Å². The zero-order valence-electron chi connectivity index (χ0n) is 17.8. The van der Waals surface area contributed by atoms with Crippen LogP contribution in [0.2, 0.25) is 0 Å². The fourth-order valence-electron chi connectivity index (χ4n) is 3.87. The fraction of sp³-hybridized carbons (Fsp3) is 0. The van der Waals surface area contributed by atoms with Crippen molar-refractivity contribution in [3.63, 3.8) is 0 Å². The summed E-state index contributed by atoms with van der Waals surface area (Å²) in [4.78, 5) is 5.01. The number of fused-ring (bicyclic) bond motifs is 2. The number of rotatable bonds is 3. The molecule has 0 aromatic heterocycles. The molecule has 166 valence electrons. The summed E-state index contributed by atoms with van der Waals surface area (Å²) in [5.41, 5.74) is 4.38. The predicted molar refractivity (Wildman–Crippen MR) is 146 cm³/mol. The molecule has 34 heavy (non-hydrogen) atoms. The Morgan fingerprint density at radius 2 is 0.706 bits per heavy atom. The minimum Gasteiger partial charge on any atom is -0.508 e. The summed E-state index contributed by atoms with van der Waals surface area (Å²) in [6, 6.07) is 31.9. The standard InChI is InChI=1S/C28H18O2S4/c29-19-13-9-17(10-14-19)25(27-31-21-5-1-2-6-22(21)32-27)26(18-11-15-20(30)16-12-18)28-33-23-7-3-4-8-24(23)34-28/h1-16,29-30H. The maximum absolute atomic E-state index is 9.99. The van der Waals surface area contributed by atoms with Crippen LogP contribution in [0.25, 0.3) is 11.1 Å². The Hall–Kier alpha value is -2.64. The summed E-state index contributed by atoms with van der Waals surface area (Å²) in [6.45, 7) is 0. The molecule has 2 aliphatic rings. The Bertz CT molecular complexity index is 1290. The van der Waals surface area contributed by atoms with Gasteiger partial charge in [-0.05, 0) is 59.7 Å². The first-order chi connectivity index (χ1) is 16.7. The van der Waals surface area contributed by atoms with Crippen LogP contribution >= 0.6 is 47.0 Å². The first kappa shape index (κ1) is 21.9. The van der Waals surface area contributed by atoms with Crippen LogP contribution in [0.4, 0.5) is 0 Å². The summed E-state index contributed by atoms with van der Waals surface area (Å²) < 4.78 is 2.42.